The minimum Gasteiger partial charge on any atom is -0.381 e. The first-order chi connectivity index (χ1) is 11.2. The van der Waals surface area contributed by atoms with Crippen LogP contribution in [0.3, 0.4) is 0 Å². The maximum Gasteiger partial charge on any atom is 0.276 e. The van der Waals surface area contributed by atoms with Gasteiger partial charge in [0.15, 0.2) is 5.69 Å². The van der Waals surface area contributed by atoms with Gasteiger partial charge in [0.25, 0.3) is 5.91 Å². The average molecular weight is 314 g/mol. The molecule has 23 heavy (non-hydrogen) atoms. The zero-order chi connectivity index (χ0) is 16.2. The molecule has 0 bridgehead atoms. The zero-order valence-corrected chi connectivity index (χ0v) is 13.6. The summed E-state index contributed by atoms with van der Waals surface area (Å²) < 4.78 is 5.40. The van der Waals surface area contributed by atoms with Gasteiger partial charge in [0.1, 0.15) is 0 Å². The maximum atomic E-state index is 12.8. The van der Waals surface area contributed by atoms with E-state index in [9.17, 15) is 4.79 Å². The summed E-state index contributed by atoms with van der Waals surface area (Å²) in [6, 6.07) is 9.62. The summed E-state index contributed by atoms with van der Waals surface area (Å²) >= 11 is 0. The highest BCUT2D eigenvalue weighted by atomic mass is 16.5. The molecule has 1 atom stereocenters. The molecule has 0 N–H and O–H groups in total. The second-order valence-corrected chi connectivity index (χ2v) is 5.83. The molecule has 0 saturated carbocycles. The van der Waals surface area contributed by atoms with E-state index in [1.54, 1.807) is 0 Å². The molecule has 1 aliphatic rings. The predicted octanol–water partition coefficient (Wildman–Crippen LogP) is 2.07. The molecular weight excluding hydrogens is 292 g/mol. The number of ether oxygens (including phenoxy) is 1. The van der Waals surface area contributed by atoms with Gasteiger partial charge < -0.3 is 9.64 Å². The van der Waals surface area contributed by atoms with Gasteiger partial charge in [-0.25, -0.2) is 0 Å². The van der Waals surface area contributed by atoms with Gasteiger partial charge in [0.2, 0.25) is 0 Å². The van der Waals surface area contributed by atoms with E-state index in [0.29, 0.717) is 30.4 Å². The molecule has 1 aromatic heterocycles. The molecule has 0 aliphatic carbocycles. The van der Waals surface area contributed by atoms with Crippen LogP contribution in [0.2, 0.25) is 0 Å². The van der Waals surface area contributed by atoms with Gasteiger partial charge in [-0.2, -0.15) is 9.90 Å². The number of hydrogen-bond acceptors (Lipinski definition) is 4. The first-order valence-electron chi connectivity index (χ1n) is 8.05. The van der Waals surface area contributed by atoms with Crippen molar-refractivity contribution in [1.29, 1.82) is 0 Å². The van der Waals surface area contributed by atoms with Gasteiger partial charge in [-0.1, -0.05) is 18.2 Å². The lowest BCUT2D eigenvalue weighted by Crippen LogP contribution is -2.36. The number of carbonyl (C=O) groups is 1. The Balaban J connectivity index is 1.79. The number of amides is 1. The van der Waals surface area contributed by atoms with E-state index in [1.807, 2.05) is 49.1 Å². The quantitative estimate of drug-likeness (QED) is 0.848. The first kappa shape index (κ1) is 15.7. The first-order valence-corrected chi connectivity index (χ1v) is 8.05. The fourth-order valence-electron chi connectivity index (χ4n) is 2.80. The van der Waals surface area contributed by atoms with Gasteiger partial charge in [-0.3, -0.25) is 4.79 Å². The summed E-state index contributed by atoms with van der Waals surface area (Å²) in [4.78, 5) is 16.2. The van der Waals surface area contributed by atoms with Crippen LogP contribution in [-0.2, 0) is 4.74 Å². The Bertz CT molecular complexity index is 662. The Morgan fingerprint density at radius 1 is 1.35 bits per heavy atom. The molecule has 3 rings (SSSR count). The Morgan fingerprint density at radius 2 is 2.13 bits per heavy atom. The van der Waals surface area contributed by atoms with Crippen LogP contribution in [-0.4, -0.2) is 52.1 Å². The highest BCUT2D eigenvalue weighted by molar-refractivity contribution is 5.93. The summed E-state index contributed by atoms with van der Waals surface area (Å²) in [6.45, 7) is 6.72. The molecule has 0 spiro atoms. The molecule has 1 fully saturated rings. The van der Waals surface area contributed by atoms with E-state index >= 15 is 0 Å². The summed E-state index contributed by atoms with van der Waals surface area (Å²) in [7, 11) is 0. The van der Waals surface area contributed by atoms with Crippen LogP contribution in [0.15, 0.2) is 30.3 Å². The lowest BCUT2D eigenvalue weighted by Gasteiger charge is -2.22. The summed E-state index contributed by atoms with van der Waals surface area (Å²) in [5, 5.41) is 8.79. The van der Waals surface area contributed by atoms with Crippen LogP contribution in [0.4, 0.5) is 0 Å². The predicted molar refractivity (Wildman–Crippen MR) is 86.6 cm³/mol. The van der Waals surface area contributed by atoms with Crippen molar-refractivity contribution in [2.24, 2.45) is 5.92 Å². The van der Waals surface area contributed by atoms with Crippen molar-refractivity contribution in [3.05, 3.63) is 41.7 Å². The van der Waals surface area contributed by atoms with Crippen LogP contribution in [0.5, 0.6) is 0 Å². The highest BCUT2D eigenvalue weighted by Gasteiger charge is 2.25. The highest BCUT2D eigenvalue weighted by Crippen LogP contribution is 2.16. The van der Waals surface area contributed by atoms with Crippen molar-refractivity contribution in [3.63, 3.8) is 0 Å². The van der Waals surface area contributed by atoms with Gasteiger partial charge in [-0.15, -0.1) is 5.10 Å². The van der Waals surface area contributed by atoms with Crippen molar-refractivity contribution >= 4 is 5.91 Å². The third kappa shape index (κ3) is 3.42. The Labute approximate surface area is 136 Å². The second-order valence-electron chi connectivity index (χ2n) is 5.83. The Morgan fingerprint density at radius 3 is 2.78 bits per heavy atom. The van der Waals surface area contributed by atoms with Gasteiger partial charge >= 0.3 is 0 Å². The molecule has 2 heterocycles. The summed E-state index contributed by atoms with van der Waals surface area (Å²) in [5.41, 5.74) is 1.93. The number of para-hydroxylation sites is 1. The van der Waals surface area contributed by atoms with Crippen molar-refractivity contribution in [2.45, 2.75) is 20.3 Å². The fraction of sp³-hybridized carbons (Fsp3) is 0.471. The number of carbonyl (C=O) groups excluding carboxylic acids is 1. The number of nitrogens with zero attached hydrogens (tertiary/aromatic N) is 4. The van der Waals surface area contributed by atoms with Crippen LogP contribution in [0.25, 0.3) is 5.69 Å². The number of benzene rings is 1. The summed E-state index contributed by atoms with van der Waals surface area (Å²) in [5.74, 6) is 0.363. The van der Waals surface area contributed by atoms with Crippen LogP contribution >= 0.6 is 0 Å². The molecule has 0 radical (unpaired) electrons. The number of aryl methyl sites for hydroxylation is 1. The second kappa shape index (κ2) is 6.91. The monoisotopic (exact) mass is 314 g/mol. The lowest BCUT2D eigenvalue weighted by molar-refractivity contribution is 0.0723. The van der Waals surface area contributed by atoms with E-state index < -0.39 is 0 Å². The zero-order valence-electron chi connectivity index (χ0n) is 13.6. The molecule has 6 nitrogen and oxygen atoms in total. The number of hydrogen-bond donors (Lipinski definition) is 0. The Hall–Kier alpha value is -2.21. The topological polar surface area (TPSA) is 60.2 Å². The fourth-order valence-corrected chi connectivity index (χ4v) is 2.80. The SMILES string of the molecule is CCN(C[C@H]1CCOC1)C(=O)c1nn(-c2ccccc2)nc1C. The number of aromatic nitrogens is 3. The molecule has 1 saturated heterocycles. The molecule has 1 aliphatic heterocycles. The van der Waals surface area contributed by atoms with Gasteiger partial charge in [0, 0.05) is 25.6 Å². The minimum absolute atomic E-state index is 0.0564. The standard InChI is InChI=1S/C17H22N4O2/c1-3-20(11-14-9-10-23-12-14)17(22)16-13(2)18-21(19-16)15-7-5-4-6-8-15/h4-8,14H,3,9-12H2,1-2H3/t14-/m1/s1. The van der Waals surface area contributed by atoms with Crippen molar-refractivity contribution < 1.29 is 9.53 Å². The van der Waals surface area contributed by atoms with Gasteiger partial charge in [0.05, 0.1) is 18.0 Å². The number of rotatable bonds is 5. The van der Waals surface area contributed by atoms with E-state index in [0.717, 1.165) is 25.3 Å². The van der Waals surface area contributed by atoms with Crippen LogP contribution < -0.4 is 0 Å². The van der Waals surface area contributed by atoms with Crippen molar-refractivity contribution in [1.82, 2.24) is 19.9 Å². The lowest BCUT2D eigenvalue weighted by atomic mass is 10.1. The smallest absolute Gasteiger partial charge is 0.276 e. The average Bonchev–Trinajstić information content (AvgIpc) is 3.22. The molecular formula is C17H22N4O2. The molecule has 1 aromatic carbocycles. The minimum atomic E-state index is -0.0564. The summed E-state index contributed by atoms with van der Waals surface area (Å²) in [6.07, 6.45) is 1.01. The molecule has 1 amide bonds. The van der Waals surface area contributed by atoms with E-state index in [1.165, 1.54) is 4.80 Å². The maximum absolute atomic E-state index is 12.8. The van der Waals surface area contributed by atoms with Crippen LogP contribution in [0, 0.1) is 12.8 Å². The molecule has 0 unspecified atom stereocenters. The third-order valence-electron chi connectivity index (χ3n) is 4.14. The third-order valence-corrected chi connectivity index (χ3v) is 4.14. The molecule has 122 valence electrons. The van der Waals surface area contributed by atoms with Crippen molar-refractivity contribution in [2.75, 3.05) is 26.3 Å². The normalized spacial score (nSPS) is 17.4. The molecule has 6 heteroatoms. The van der Waals surface area contributed by atoms with Crippen molar-refractivity contribution in [3.8, 4) is 5.69 Å². The molecule has 2 aromatic rings. The van der Waals surface area contributed by atoms with E-state index in [2.05, 4.69) is 10.2 Å². The largest absolute Gasteiger partial charge is 0.381 e. The van der Waals surface area contributed by atoms with E-state index in [4.69, 9.17) is 4.74 Å². The Kier molecular flexibility index (Phi) is 4.71. The van der Waals surface area contributed by atoms with Crippen LogP contribution in [0.1, 0.15) is 29.5 Å². The van der Waals surface area contributed by atoms with E-state index in [-0.39, 0.29) is 5.91 Å². The van der Waals surface area contributed by atoms with Gasteiger partial charge in [-0.05, 0) is 32.4 Å².